The van der Waals surface area contributed by atoms with Gasteiger partial charge >= 0.3 is 0 Å². The maximum absolute atomic E-state index is 15.3. The lowest BCUT2D eigenvalue weighted by Gasteiger charge is -2.29. The number of hydrogen-bond donors (Lipinski definition) is 2. The summed E-state index contributed by atoms with van der Waals surface area (Å²) in [5.41, 5.74) is 2.05. The number of piperazine rings is 1. The number of benzene rings is 1. The van der Waals surface area contributed by atoms with Gasteiger partial charge in [-0.3, -0.25) is 9.36 Å². The van der Waals surface area contributed by atoms with Gasteiger partial charge < -0.3 is 20.3 Å². The van der Waals surface area contributed by atoms with Crippen molar-refractivity contribution in [1.82, 2.24) is 24.8 Å². The molecule has 0 saturated carbocycles. The normalized spacial score (nSPS) is 13.4. The zero-order valence-electron chi connectivity index (χ0n) is 19.7. The SMILES string of the molecule is CC(=O)n1c(C)cc2c(F)c(Oc3ncnc(Nc4ccc(N5CCNCC5)cn4)c3C#N)ccc21. The largest absolute Gasteiger partial charge is 0.434 e. The van der Waals surface area contributed by atoms with Crippen LogP contribution in [-0.2, 0) is 0 Å². The lowest BCUT2D eigenvalue weighted by Crippen LogP contribution is -2.43. The van der Waals surface area contributed by atoms with Crippen molar-refractivity contribution >= 4 is 34.1 Å². The number of aromatic nitrogens is 4. The van der Waals surface area contributed by atoms with Crippen LogP contribution in [-0.4, -0.2) is 51.6 Å². The Balaban J connectivity index is 1.41. The summed E-state index contributed by atoms with van der Waals surface area (Å²) in [5.74, 6) is -0.425. The number of nitrogens with zero attached hydrogens (tertiary/aromatic N) is 6. The summed E-state index contributed by atoms with van der Waals surface area (Å²) in [6.07, 6.45) is 2.98. The van der Waals surface area contributed by atoms with Crippen LogP contribution < -0.4 is 20.3 Å². The molecule has 1 aliphatic heterocycles. The number of fused-ring (bicyclic) bond motifs is 1. The highest BCUT2D eigenvalue weighted by Crippen LogP contribution is 2.34. The fourth-order valence-corrected chi connectivity index (χ4v) is 4.29. The quantitative estimate of drug-likeness (QED) is 0.434. The third-order valence-corrected chi connectivity index (χ3v) is 5.99. The minimum absolute atomic E-state index is 0.00228. The van der Waals surface area contributed by atoms with Gasteiger partial charge in [-0.25, -0.2) is 19.3 Å². The molecule has 0 bridgehead atoms. The van der Waals surface area contributed by atoms with Crippen molar-refractivity contribution in [3.8, 4) is 17.7 Å². The molecule has 10 nitrogen and oxygen atoms in total. The summed E-state index contributed by atoms with van der Waals surface area (Å²) in [6, 6.07) is 10.4. The van der Waals surface area contributed by atoms with Crippen molar-refractivity contribution in [2.24, 2.45) is 0 Å². The third kappa shape index (κ3) is 4.30. The fourth-order valence-electron chi connectivity index (χ4n) is 4.29. The van der Waals surface area contributed by atoms with Crippen LogP contribution in [0.3, 0.4) is 0 Å². The monoisotopic (exact) mass is 486 g/mol. The van der Waals surface area contributed by atoms with Gasteiger partial charge in [-0.1, -0.05) is 0 Å². The molecule has 0 radical (unpaired) electrons. The number of carbonyl (C=O) groups is 1. The van der Waals surface area contributed by atoms with E-state index >= 15 is 4.39 Å². The van der Waals surface area contributed by atoms with Gasteiger partial charge in [-0.2, -0.15) is 5.26 Å². The number of carbonyl (C=O) groups excluding carboxylic acids is 1. The number of halogens is 1. The highest BCUT2D eigenvalue weighted by Gasteiger charge is 2.20. The number of hydrogen-bond acceptors (Lipinski definition) is 9. The first-order valence-electron chi connectivity index (χ1n) is 11.4. The van der Waals surface area contributed by atoms with Gasteiger partial charge in [0.25, 0.3) is 0 Å². The Hall–Kier alpha value is -4.56. The first-order valence-corrected chi connectivity index (χ1v) is 11.4. The maximum atomic E-state index is 15.3. The van der Waals surface area contributed by atoms with Crippen LogP contribution in [0.25, 0.3) is 10.9 Å². The molecule has 0 amide bonds. The van der Waals surface area contributed by atoms with E-state index in [-0.39, 0.29) is 34.3 Å². The number of nitriles is 1. The molecule has 5 rings (SSSR count). The van der Waals surface area contributed by atoms with Crippen LogP contribution in [0.1, 0.15) is 23.0 Å². The van der Waals surface area contributed by atoms with Crippen LogP contribution in [0.4, 0.5) is 21.7 Å². The van der Waals surface area contributed by atoms with Crippen molar-refractivity contribution in [3.63, 3.8) is 0 Å². The van der Waals surface area contributed by atoms with E-state index in [1.807, 2.05) is 12.1 Å². The molecule has 1 fully saturated rings. The van der Waals surface area contributed by atoms with E-state index in [4.69, 9.17) is 4.74 Å². The van der Waals surface area contributed by atoms with E-state index in [1.165, 1.54) is 23.9 Å². The summed E-state index contributed by atoms with van der Waals surface area (Å²) in [4.78, 5) is 26.8. The van der Waals surface area contributed by atoms with Crippen LogP contribution in [0.2, 0.25) is 0 Å². The molecule has 182 valence electrons. The van der Waals surface area contributed by atoms with Crippen molar-refractivity contribution in [1.29, 1.82) is 5.26 Å². The first kappa shape index (κ1) is 23.2. The Bertz CT molecular complexity index is 1490. The average Bonchev–Trinajstić information content (AvgIpc) is 3.24. The summed E-state index contributed by atoms with van der Waals surface area (Å²) in [5, 5.41) is 16.4. The minimum Gasteiger partial charge on any atom is -0.434 e. The van der Waals surface area contributed by atoms with E-state index in [0.29, 0.717) is 17.0 Å². The van der Waals surface area contributed by atoms with Crippen molar-refractivity contribution < 1.29 is 13.9 Å². The molecule has 1 saturated heterocycles. The summed E-state index contributed by atoms with van der Waals surface area (Å²) < 4.78 is 22.4. The number of pyridine rings is 1. The zero-order valence-corrected chi connectivity index (χ0v) is 19.7. The van der Waals surface area contributed by atoms with Gasteiger partial charge in [0.1, 0.15) is 18.2 Å². The molecule has 3 aromatic heterocycles. The van der Waals surface area contributed by atoms with Crippen molar-refractivity contribution in [2.45, 2.75) is 13.8 Å². The lowest BCUT2D eigenvalue weighted by atomic mass is 10.2. The Morgan fingerprint density at radius 1 is 1.19 bits per heavy atom. The Morgan fingerprint density at radius 3 is 2.69 bits per heavy atom. The number of nitrogens with one attached hydrogen (secondary N) is 2. The molecule has 4 heterocycles. The molecule has 1 aliphatic rings. The van der Waals surface area contributed by atoms with Gasteiger partial charge in [-0.05, 0) is 37.3 Å². The molecule has 0 atom stereocenters. The van der Waals surface area contributed by atoms with Crippen LogP contribution in [0.15, 0.2) is 42.9 Å². The van der Waals surface area contributed by atoms with Crippen LogP contribution in [0, 0.1) is 24.1 Å². The molecule has 2 N–H and O–H groups in total. The number of anilines is 3. The van der Waals surface area contributed by atoms with Gasteiger partial charge in [0.2, 0.25) is 11.8 Å². The average molecular weight is 487 g/mol. The molecule has 1 aromatic carbocycles. The summed E-state index contributed by atoms with van der Waals surface area (Å²) in [6.45, 7) is 6.79. The molecular weight excluding hydrogens is 463 g/mol. The maximum Gasteiger partial charge on any atom is 0.242 e. The molecule has 0 aliphatic carbocycles. The van der Waals surface area contributed by atoms with Gasteiger partial charge in [-0.15, -0.1) is 0 Å². The predicted molar refractivity (Wildman–Crippen MR) is 132 cm³/mol. The van der Waals surface area contributed by atoms with Gasteiger partial charge in [0, 0.05) is 44.2 Å². The van der Waals surface area contributed by atoms with Crippen LogP contribution >= 0.6 is 0 Å². The second-order valence-electron chi connectivity index (χ2n) is 8.33. The van der Waals surface area contributed by atoms with Crippen molar-refractivity contribution in [3.05, 3.63) is 59.9 Å². The summed E-state index contributed by atoms with van der Waals surface area (Å²) >= 11 is 0. The minimum atomic E-state index is -0.655. The van der Waals surface area contributed by atoms with E-state index in [9.17, 15) is 10.1 Å². The molecule has 0 spiro atoms. The summed E-state index contributed by atoms with van der Waals surface area (Å²) in [7, 11) is 0. The van der Waals surface area contributed by atoms with E-state index < -0.39 is 5.82 Å². The molecular formula is C25H23FN8O2. The fraction of sp³-hybridized carbons (Fsp3) is 0.240. The number of ether oxygens (including phenoxy) is 1. The van der Waals surface area contributed by atoms with Crippen LogP contribution in [0.5, 0.6) is 11.6 Å². The highest BCUT2D eigenvalue weighted by atomic mass is 19.1. The Labute approximate surface area is 206 Å². The van der Waals surface area contributed by atoms with Gasteiger partial charge in [0.15, 0.2) is 22.9 Å². The van der Waals surface area contributed by atoms with Crippen molar-refractivity contribution in [2.75, 3.05) is 36.4 Å². The molecule has 0 unspecified atom stereocenters. The van der Waals surface area contributed by atoms with E-state index in [0.717, 1.165) is 31.9 Å². The topological polar surface area (TPSA) is 121 Å². The smallest absolute Gasteiger partial charge is 0.242 e. The first-order chi connectivity index (χ1) is 17.5. The lowest BCUT2D eigenvalue weighted by molar-refractivity contribution is 0.0939. The Morgan fingerprint density at radius 2 is 2.00 bits per heavy atom. The molecule has 11 heteroatoms. The molecule has 36 heavy (non-hydrogen) atoms. The highest BCUT2D eigenvalue weighted by molar-refractivity contribution is 5.93. The number of rotatable bonds is 5. The second kappa shape index (κ2) is 9.59. The standard InChI is InChI=1S/C25H23FN8O2/c1-15-11-18-20(34(15)16(2)35)4-5-21(23(18)26)36-25-19(12-27)24(30-14-31-25)32-22-6-3-17(13-29-22)33-9-7-28-8-10-33/h3-6,11,13-14,28H,7-10H2,1-2H3,(H,29,30,31,32). The third-order valence-electron chi connectivity index (χ3n) is 5.99. The van der Waals surface area contributed by atoms with Gasteiger partial charge in [0.05, 0.1) is 17.4 Å². The predicted octanol–water partition coefficient (Wildman–Crippen LogP) is 3.75. The second-order valence-corrected chi connectivity index (χ2v) is 8.33. The zero-order chi connectivity index (χ0) is 25.2. The Kier molecular flexibility index (Phi) is 6.18. The van der Waals surface area contributed by atoms with E-state index in [1.54, 1.807) is 31.3 Å². The number of aryl methyl sites for hydroxylation is 1. The molecule has 4 aromatic rings. The van der Waals surface area contributed by atoms with E-state index in [2.05, 4.69) is 30.5 Å².